The normalized spacial score (nSPS) is 21.2. The third-order valence-corrected chi connectivity index (χ3v) is 4.94. The first-order chi connectivity index (χ1) is 7.85. The van der Waals surface area contributed by atoms with Crippen LogP contribution in [0.2, 0.25) is 0 Å². The fourth-order valence-electron chi connectivity index (χ4n) is 1.86. The Morgan fingerprint density at radius 1 is 1.53 bits per heavy atom. The first-order valence-electron chi connectivity index (χ1n) is 5.03. The molecule has 1 N–H and O–H groups in total. The molecule has 17 heavy (non-hydrogen) atoms. The van der Waals surface area contributed by atoms with Crippen molar-refractivity contribution in [1.29, 1.82) is 0 Å². The first-order valence-corrected chi connectivity index (χ1v) is 6.47. The number of hydrogen-bond donors (Lipinski definition) is 1. The molecule has 0 aromatic carbocycles. The molecule has 94 valence electrons. The molecule has 8 heteroatoms. The largest absolute Gasteiger partial charge is 0.480 e. The van der Waals surface area contributed by atoms with Crippen LogP contribution in [-0.4, -0.2) is 41.5 Å². The predicted molar refractivity (Wildman–Crippen MR) is 55.9 cm³/mol. The van der Waals surface area contributed by atoms with Crippen LogP contribution in [0.3, 0.4) is 0 Å². The van der Waals surface area contributed by atoms with Gasteiger partial charge in [0, 0.05) is 6.54 Å². The van der Waals surface area contributed by atoms with Crippen molar-refractivity contribution in [2.75, 3.05) is 6.54 Å². The van der Waals surface area contributed by atoms with Crippen LogP contribution in [-0.2, 0) is 14.8 Å². The molecule has 0 unspecified atom stereocenters. The zero-order chi connectivity index (χ0) is 12.8. The van der Waals surface area contributed by atoms with Crippen LogP contribution in [0.15, 0.2) is 9.42 Å². The van der Waals surface area contributed by atoms with E-state index in [1.165, 1.54) is 13.8 Å². The second-order valence-electron chi connectivity index (χ2n) is 3.91. The van der Waals surface area contributed by atoms with Crippen LogP contribution in [0.25, 0.3) is 0 Å². The van der Waals surface area contributed by atoms with Crippen LogP contribution in [0.1, 0.15) is 17.9 Å². The van der Waals surface area contributed by atoms with Gasteiger partial charge in [0.25, 0.3) is 0 Å². The third-order valence-electron chi connectivity index (χ3n) is 2.79. The number of hydrogen-bond acceptors (Lipinski definition) is 5. The van der Waals surface area contributed by atoms with E-state index in [9.17, 15) is 13.2 Å². The third kappa shape index (κ3) is 1.73. The lowest BCUT2D eigenvalue weighted by Gasteiger charge is -2.36. The minimum Gasteiger partial charge on any atom is -0.480 e. The fourth-order valence-corrected chi connectivity index (χ4v) is 3.78. The van der Waals surface area contributed by atoms with Gasteiger partial charge in [-0.05, 0) is 20.3 Å². The summed E-state index contributed by atoms with van der Waals surface area (Å²) in [5, 5.41) is 12.4. The smallest absolute Gasteiger partial charge is 0.322 e. The van der Waals surface area contributed by atoms with E-state index in [0.29, 0.717) is 6.42 Å². The maximum atomic E-state index is 12.2. The number of aliphatic carboxylic acids is 1. The van der Waals surface area contributed by atoms with Crippen molar-refractivity contribution in [2.24, 2.45) is 0 Å². The van der Waals surface area contributed by atoms with Gasteiger partial charge in [0.2, 0.25) is 10.0 Å². The predicted octanol–water partition coefficient (Wildman–Crippen LogP) is 0.139. The number of carbonyl (C=O) groups is 1. The molecule has 1 aromatic rings. The Hall–Kier alpha value is -1.41. The number of sulfonamides is 1. The van der Waals surface area contributed by atoms with Crippen LogP contribution >= 0.6 is 0 Å². The summed E-state index contributed by atoms with van der Waals surface area (Å²) in [6, 6.07) is -0.978. The van der Waals surface area contributed by atoms with Crippen molar-refractivity contribution in [3.8, 4) is 0 Å². The van der Waals surface area contributed by atoms with Crippen molar-refractivity contribution in [3.05, 3.63) is 11.5 Å². The summed E-state index contributed by atoms with van der Waals surface area (Å²) in [4.78, 5) is 10.8. The lowest BCUT2D eigenvalue weighted by molar-refractivity contribution is -0.144. The summed E-state index contributed by atoms with van der Waals surface area (Å²) in [5.74, 6) is -0.954. The van der Waals surface area contributed by atoms with E-state index in [1.807, 2.05) is 0 Å². The molecule has 0 amide bonds. The van der Waals surface area contributed by atoms with Gasteiger partial charge in [-0.2, -0.15) is 4.31 Å². The number of aromatic nitrogens is 1. The van der Waals surface area contributed by atoms with Crippen molar-refractivity contribution in [3.63, 3.8) is 0 Å². The number of aryl methyl sites for hydroxylation is 2. The lowest BCUT2D eigenvalue weighted by atomic mass is 10.1. The van der Waals surface area contributed by atoms with Gasteiger partial charge < -0.3 is 9.63 Å². The van der Waals surface area contributed by atoms with Crippen molar-refractivity contribution in [1.82, 2.24) is 9.46 Å². The Morgan fingerprint density at radius 3 is 2.53 bits per heavy atom. The van der Waals surface area contributed by atoms with E-state index in [1.54, 1.807) is 0 Å². The quantitative estimate of drug-likeness (QED) is 0.829. The zero-order valence-electron chi connectivity index (χ0n) is 9.37. The summed E-state index contributed by atoms with van der Waals surface area (Å²) in [5.41, 5.74) is 0.249. The molecule has 2 heterocycles. The maximum Gasteiger partial charge on any atom is 0.322 e. The van der Waals surface area contributed by atoms with Crippen molar-refractivity contribution < 1.29 is 22.8 Å². The van der Waals surface area contributed by atoms with E-state index in [-0.39, 0.29) is 22.9 Å². The fraction of sp³-hybridized carbons (Fsp3) is 0.556. The van der Waals surface area contributed by atoms with E-state index in [0.717, 1.165) is 4.31 Å². The molecular formula is C9H12N2O5S. The molecule has 7 nitrogen and oxygen atoms in total. The average molecular weight is 260 g/mol. The molecule has 0 aliphatic carbocycles. The number of carboxylic acid groups (broad SMARTS) is 1. The number of rotatable bonds is 3. The molecule has 1 atom stereocenters. The number of carboxylic acids is 1. The molecule has 0 saturated carbocycles. The Bertz CT molecular complexity index is 542. The minimum absolute atomic E-state index is 0.0246. The van der Waals surface area contributed by atoms with Gasteiger partial charge in [-0.25, -0.2) is 8.42 Å². The molecular weight excluding hydrogens is 248 g/mol. The summed E-state index contributed by atoms with van der Waals surface area (Å²) in [7, 11) is -3.82. The highest BCUT2D eigenvalue weighted by Crippen LogP contribution is 2.30. The van der Waals surface area contributed by atoms with Crippen molar-refractivity contribution >= 4 is 16.0 Å². The summed E-state index contributed by atoms with van der Waals surface area (Å²) < 4.78 is 30.1. The molecule has 1 aliphatic rings. The molecule has 1 aliphatic heterocycles. The van der Waals surface area contributed by atoms with E-state index < -0.39 is 22.0 Å². The molecule has 2 rings (SSSR count). The van der Waals surface area contributed by atoms with Gasteiger partial charge in [0.1, 0.15) is 16.6 Å². The van der Waals surface area contributed by atoms with Crippen molar-refractivity contribution in [2.45, 2.75) is 31.2 Å². The van der Waals surface area contributed by atoms with Crippen LogP contribution < -0.4 is 0 Å². The van der Waals surface area contributed by atoms with Gasteiger partial charge >= 0.3 is 5.97 Å². The van der Waals surface area contributed by atoms with E-state index >= 15 is 0 Å². The van der Waals surface area contributed by atoms with Gasteiger partial charge in [0.05, 0.1) is 0 Å². The standard InChI is InChI=1S/C9H12N2O5S/c1-5-8(6(2)16-10-5)17(14,15)11-4-3-7(11)9(12)13/h7H,3-4H2,1-2H3,(H,12,13)/t7-/m0/s1. The summed E-state index contributed by atoms with van der Waals surface area (Å²) >= 11 is 0. The first kappa shape index (κ1) is 12.1. The SMILES string of the molecule is Cc1noc(C)c1S(=O)(=O)N1CC[C@H]1C(=O)O. The topological polar surface area (TPSA) is 101 Å². The molecule has 1 saturated heterocycles. The minimum atomic E-state index is -3.82. The Balaban J connectivity index is 2.42. The zero-order valence-corrected chi connectivity index (χ0v) is 10.2. The van der Waals surface area contributed by atoms with Gasteiger partial charge in [-0.15, -0.1) is 0 Å². The molecule has 0 spiro atoms. The second kappa shape index (κ2) is 3.81. The lowest BCUT2D eigenvalue weighted by Crippen LogP contribution is -2.55. The summed E-state index contributed by atoms with van der Waals surface area (Å²) in [6.07, 6.45) is 0.331. The van der Waals surface area contributed by atoms with Gasteiger partial charge in [-0.1, -0.05) is 5.16 Å². The van der Waals surface area contributed by atoms with Gasteiger partial charge in [0.15, 0.2) is 5.76 Å². The Kier molecular flexibility index (Phi) is 2.70. The molecule has 0 bridgehead atoms. The highest BCUT2D eigenvalue weighted by atomic mass is 32.2. The number of nitrogens with zero attached hydrogens (tertiary/aromatic N) is 2. The maximum absolute atomic E-state index is 12.2. The van der Waals surface area contributed by atoms with Gasteiger partial charge in [-0.3, -0.25) is 4.79 Å². The molecule has 0 radical (unpaired) electrons. The summed E-state index contributed by atoms with van der Waals surface area (Å²) in [6.45, 7) is 3.21. The van der Waals surface area contributed by atoms with Crippen LogP contribution in [0.4, 0.5) is 0 Å². The highest BCUT2D eigenvalue weighted by molar-refractivity contribution is 7.89. The van der Waals surface area contributed by atoms with E-state index in [2.05, 4.69) is 5.16 Å². The van der Waals surface area contributed by atoms with Crippen LogP contribution in [0.5, 0.6) is 0 Å². The Morgan fingerprint density at radius 2 is 2.18 bits per heavy atom. The van der Waals surface area contributed by atoms with Crippen LogP contribution in [0, 0.1) is 13.8 Å². The molecule has 1 fully saturated rings. The van der Waals surface area contributed by atoms with E-state index in [4.69, 9.17) is 9.63 Å². The monoisotopic (exact) mass is 260 g/mol. The second-order valence-corrected chi connectivity index (χ2v) is 5.74. The Labute approximate surface area is 98.1 Å². The molecule has 1 aromatic heterocycles. The average Bonchev–Trinajstić information content (AvgIpc) is 2.42. The highest BCUT2D eigenvalue weighted by Gasteiger charge is 2.44.